The third-order valence-electron chi connectivity index (χ3n) is 3.22. The Bertz CT molecular complexity index is 334. The van der Waals surface area contributed by atoms with E-state index in [-0.39, 0.29) is 11.8 Å². The van der Waals surface area contributed by atoms with E-state index in [1.165, 1.54) is 0 Å². The Morgan fingerprint density at radius 1 is 0.765 bits per heavy atom. The molecule has 2 bridgehead atoms. The van der Waals surface area contributed by atoms with Crippen LogP contribution in [0.4, 0.5) is 26.3 Å². The van der Waals surface area contributed by atoms with Crippen molar-refractivity contribution in [1.82, 2.24) is 0 Å². The summed E-state index contributed by atoms with van der Waals surface area (Å²) in [6, 6.07) is 0. The van der Waals surface area contributed by atoms with E-state index in [9.17, 15) is 26.3 Å². The van der Waals surface area contributed by atoms with Gasteiger partial charge >= 0.3 is 12.4 Å². The fourth-order valence-electron chi connectivity index (χ4n) is 2.50. The Morgan fingerprint density at radius 3 is 1.41 bits per heavy atom. The third-order valence-corrected chi connectivity index (χ3v) is 3.22. The summed E-state index contributed by atoms with van der Waals surface area (Å²) in [6.07, 6.45) is -6.91. The van der Waals surface area contributed by atoms with Crippen LogP contribution in [0.5, 0.6) is 0 Å². The molecule has 2 unspecified atom stereocenters. The van der Waals surface area contributed by atoms with E-state index < -0.39 is 23.5 Å². The molecule has 0 heterocycles. The average Bonchev–Trinajstić information content (AvgIpc) is 2.41. The van der Waals surface area contributed by atoms with Crippen molar-refractivity contribution in [3.05, 3.63) is 23.3 Å². The maximum absolute atomic E-state index is 12.6. The molecule has 0 aromatic heterocycles. The quantitative estimate of drug-likeness (QED) is 0.564. The van der Waals surface area contributed by atoms with Gasteiger partial charge < -0.3 is 0 Å². The van der Waals surface area contributed by atoms with Gasteiger partial charge in [0.1, 0.15) is 0 Å². The predicted molar refractivity (Wildman–Crippen MR) is 49.1 cm³/mol. The van der Waals surface area contributed by atoms with Gasteiger partial charge in [0.05, 0.1) is 11.1 Å². The Balaban J connectivity index is 2.48. The second kappa shape index (κ2) is 3.78. The van der Waals surface area contributed by atoms with Gasteiger partial charge in [-0.25, -0.2) is 0 Å². The number of allylic oxidation sites excluding steroid dienone is 4. The number of halogens is 6. The van der Waals surface area contributed by atoms with Gasteiger partial charge in [0, 0.05) is 0 Å². The lowest BCUT2D eigenvalue weighted by Crippen LogP contribution is -2.24. The number of rotatable bonds is 0. The minimum Gasteiger partial charge on any atom is -0.166 e. The SMILES string of the molecule is FC(F)(F)C1=CC2CCC(C=C1C(F)(F)F)C2. The van der Waals surface area contributed by atoms with Crippen LogP contribution in [0.15, 0.2) is 23.3 Å². The molecule has 0 aromatic rings. The van der Waals surface area contributed by atoms with Crippen LogP contribution in [-0.4, -0.2) is 12.4 Å². The zero-order valence-electron chi connectivity index (χ0n) is 8.70. The van der Waals surface area contributed by atoms with Gasteiger partial charge in [-0.3, -0.25) is 0 Å². The van der Waals surface area contributed by atoms with Crippen molar-refractivity contribution in [2.24, 2.45) is 11.8 Å². The molecule has 2 atom stereocenters. The van der Waals surface area contributed by atoms with Crippen LogP contribution in [0.1, 0.15) is 19.3 Å². The first-order chi connectivity index (χ1) is 7.68. The van der Waals surface area contributed by atoms with Crippen LogP contribution in [0.3, 0.4) is 0 Å². The second-order valence-corrected chi connectivity index (χ2v) is 4.49. The molecule has 0 saturated heterocycles. The van der Waals surface area contributed by atoms with Crippen LogP contribution in [-0.2, 0) is 0 Å². The summed E-state index contributed by atoms with van der Waals surface area (Å²) in [5.74, 6) is -0.763. The van der Waals surface area contributed by atoms with E-state index in [1.54, 1.807) is 0 Å². The molecule has 6 heteroatoms. The summed E-state index contributed by atoms with van der Waals surface area (Å²) in [5, 5.41) is 0. The largest absolute Gasteiger partial charge is 0.416 e. The Morgan fingerprint density at radius 2 is 1.12 bits per heavy atom. The average molecular weight is 256 g/mol. The van der Waals surface area contributed by atoms with Gasteiger partial charge in [-0.05, 0) is 31.1 Å². The van der Waals surface area contributed by atoms with Crippen molar-refractivity contribution in [3.8, 4) is 0 Å². The van der Waals surface area contributed by atoms with Crippen molar-refractivity contribution >= 4 is 0 Å². The monoisotopic (exact) mass is 256 g/mol. The summed E-state index contributed by atoms with van der Waals surface area (Å²) in [5.41, 5.74) is -3.03. The van der Waals surface area contributed by atoms with E-state index in [1.807, 2.05) is 0 Å². The first kappa shape index (κ1) is 12.5. The molecule has 17 heavy (non-hydrogen) atoms. The van der Waals surface area contributed by atoms with Gasteiger partial charge in [-0.2, -0.15) is 26.3 Å². The fraction of sp³-hybridized carbons (Fsp3) is 0.636. The van der Waals surface area contributed by atoms with E-state index in [0.717, 1.165) is 12.2 Å². The summed E-state index contributed by atoms with van der Waals surface area (Å²) in [6.45, 7) is 0. The normalized spacial score (nSPS) is 29.8. The number of hydrogen-bond donors (Lipinski definition) is 0. The van der Waals surface area contributed by atoms with Crippen LogP contribution < -0.4 is 0 Å². The van der Waals surface area contributed by atoms with Gasteiger partial charge in [0.2, 0.25) is 0 Å². The molecule has 96 valence electrons. The Labute approximate surface area is 94.0 Å². The van der Waals surface area contributed by atoms with Gasteiger partial charge in [0.15, 0.2) is 0 Å². The van der Waals surface area contributed by atoms with Crippen LogP contribution >= 0.6 is 0 Å². The number of fused-ring (bicyclic) bond motifs is 2. The minimum atomic E-state index is -4.94. The number of alkyl halides is 6. The van der Waals surface area contributed by atoms with Gasteiger partial charge in [-0.1, -0.05) is 12.2 Å². The Hall–Kier alpha value is -0.940. The summed E-state index contributed by atoms with van der Waals surface area (Å²) in [4.78, 5) is 0. The molecule has 1 fully saturated rings. The lowest BCUT2D eigenvalue weighted by atomic mass is 9.97. The lowest BCUT2D eigenvalue weighted by molar-refractivity contribution is -0.118. The van der Waals surface area contributed by atoms with E-state index in [2.05, 4.69) is 0 Å². The predicted octanol–water partition coefficient (Wildman–Crippen LogP) is 4.39. The highest BCUT2D eigenvalue weighted by Gasteiger charge is 2.48. The molecule has 2 aliphatic carbocycles. The summed E-state index contributed by atoms with van der Waals surface area (Å²) >= 11 is 0. The van der Waals surface area contributed by atoms with Crippen LogP contribution in [0, 0.1) is 11.8 Å². The molecule has 0 nitrogen and oxygen atoms in total. The van der Waals surface area contributed by atoms with E-state index in [4.69, 9.17) is 0 Å². The van der Waals surface area contributed by atoms with Crippen molar-refractivity contribution < 1.29 is 26.3 Å². The highest BCUT2D eigenvalue weighted by atomic mass is 19.4. The molecule has 0 N–H and O–H groups in total. The Kier molecular flexibility index (Phi) is 2.78. The van der Waals surface area contributed by atoms with Crippen molar-refractivity contribution in [1.29, 1.82) is 0 Å². The molecule has 0 spiro atoms. The molecule has 2 aliphatic rings. The topological polar surface area (TPSA) is 0 Å². The standard InChI is InChI=1S/C11H10F6/c12-10(13,14)8-4-6-1-2-7(3-6)5-9(8)11(15,16)17/h4-7H,1-3H2. The minimum absolute atomic E-state index is 0.382. The van der Waals surface area contributed by atoms with E-state index >= 15 is 0 Å². The molecule has 1 saturated carbocycles. The smallest absolute Gasteiger partial charge is 0.166 e. The molecule has 0 aliphatic heterocycles. The molecular weight excluding hydrogens is 246 g/mol. The van der Waals surface area contributed by atoms with Crippen molar-refractivity contribution in [3.63, 3.8) is 0 Å². The molecule has 0 aromatic carbocycles. The zero-order valence-corrected chi connectivity index (χ0v) is 8.70. The first-order valence-electron chi connectivity index (χ1n) is 5.26. The summed E-state index contributed by atoms with van der Waals surface area (Å²) in [7, 11) is 0. The maximum atomic E-state index is 12.6. The highest BCUT2D eigenvalue weighted by Crippen LogP contribution is 2.47. The third kappa shape index (κ3) is 2.50. The molecule has 0 amide bonds. The summed E-state index contributed by atoms with van der Waals surface area (Å²) < 4.78 is 75.7. The second-order valence-electron chi connectivity index (χ2n) is 4.49. The number of hydrogen-bond acceptors (Lipinski definition) is 0. The van der Waals surface area contributed by atoms with Crippen LogP contribution in [0.25, 0.3) is 0 Å². The van der Waals surface area contributed by atoms with E-state index in [0.29, 0.717) is 19.3 Å². The van der Waals surface area contributed by atoms with Crippen molar-refractivity contribution in [2.45, 2.75) is 31.6 Å². The first-order valence-corrected chi connectivity index (χ1v) is 5.26. The molecule has 0 radical (unpaired) electrons. The fourth-order valence-corrected chi connectivity index (χ4v) is 2.50. The molecule has 2 rings (SSSR count). The van der Waals surface area contributed by atoms with Gasteiger partial charge in [-0.15, -0.1) is 0 Å². The zero-order chi connectivity index (χ0) is 12.8. The van der Waals surface area contributed by atoms with Crippen LogP contribution in [0.2, 0.25) is 0 Å². The van der Waals surface area contributed by atoms with Crippen molar-refractivity contribution in [2.75, 3.05) is 0 Å². The maximum Gasteiger partial charge on any atom is 0.416 e. The highest BCUT2D eigenvalue weighted by molar-refractivity contribution is 5.41. The van der Waals surface area contributed by atoms with Gasteiger partial charge in [0.25, 0.3) is 0 Å². The molecular formula is C11H10F6. The lowest BCUT2D eigenvalue weighted by Gasteiger charge is -2.19.